The number of furan rings is 1. The quantitative estimate of drug-likeness (QED) is 0.348. The van der Waals surface area contributed by atoms with Gasteiger partial charge in [-0.1, -0.05) is 55.9 Å². The highest BCUT2D eigenvalue weighted by Gasteiger charge is 2.19. The zero-order chi connectivity index (χ0) is 24.1. The molecule has 0 aliphatic carbocycles. The number of likely N-dealkylation sites (N-methyl/N-ethyl adjacent to an activating group) is 1. The minimum atomic E-state index is -0.129. The second-order valence-electron chi connectivity index (χ2n) is 9.08. The third-order valence-electron chi connectivity index (χ3n) is 5.96. The third-order valence-corrected chi connectivity index (χ3v) is 6.83. The molecular weight excluding hydrogens is 446 g/mol. The number of aromatic nitrogens is 2. The molecule has 0 N–H and O–H groups in total. The van der Waals surface area contributed by atoms with Crippen LogP contribution in [0.3, 0.4) is 0 Å². The fourth-order valence-corrected chi connectivity index (χ4v) is 4.57. The normalized spacial score (nSPS) is 14.6. The standard InChI is InChI=1S/C26H33N5O2S/c1-19(2)22-16-24(31-14-12-29(3)13-15-31)28-26(27-22)34-18-21-10-11-23(33-21)25(32)30(4)17-20-8-6-5-7-9-20/h5-11,16,19H,12-15,17-18H2,1-4H3. The van der Waals surface area contributed by atoms with E-state index in [-0.39, 0.29) is 5.91 Å². The number of amides is 1. The van der Waals surface area contributed by atoms with Crippen LogP contribution >= 0.6 is 11.8 Å². The van der Waals surface area contributed by atoms with Crippen molar-refractivity contribution in [2.24, 2.45) is 0 Å². The molecule has 0 unspecified atom stereocenters. The largest absolute Gasteiger partial charge is 0.455 e. The lowest BCUT2D eigenvalue weighted by atomic mass is 10.1. The molecule has 1 aliphatic rings. The number of piperazine rings is 1. The van der Waals surface area contributed by atoms with E-state index in [0.29, 0.717) is 24.0 Å². The van der Waals surface area contributed by atoms with Crippen molar-refractivity contribution < 1.29 is 9.21 Å². The molecule has 7 nitrogen and oxygen atoms in total. The number of anilines is 1. The molecule has 8 heteroatoms. The zero-order valence-corrected chi connectivity index (χ0v) is 21.2. The van der Waals surface area contributed by atoms with E-state index in [0.717, 1.165) is 54.2 Å². The van der Waals surface area contributed by atoms with Gasteiger partial charge in [0.25, 0.3) is 5.91 Å². The van der Waals surface area contributed by atoms with Gasteiger partial charge in [-0.3, -0.25) is 4.79 Å². The fourth-order valence-electron chi connectivity index (χ4n) is 3.81. The van der Waals surface area contributed by atoms with Crippen molar-refractivity contribution in [2.75, 3.05) is 45.2 Å². The number of hydrogen-bond acceptors (Lipinski definition) is 7. The Hall–Kier alpha value is -2.84. The maximum absolute atomic E-state index is 12.8. The van der Waals surface area contributed by atoms with Crippen LogP contribution in [0.15, 0.2) is 58.1 Å². The molecule has 180 valence electrons. The zero-order valence-electron chi connectivity index (χ0n) is 20.4. The van der Waals surface area contributed by atoms with Gasteiger partial charge in [-0.15, -0.1) is 0 Å². The van der Waals surface area contributed by atoms with Crippen molar-refractivity contribution in [1.29, 1.82) is 0 Å². The third kappa shape index (κ3) is 6.18. The summed E-state index contributed by atoms with van der Waals surface area (Å²) in [6, 6.07) is 15.7. The summed E-state index contributed by atoms with van der Waals surface area (Å²) >= 11 is 1.54. The van der Waals surface area contributed by atoms with Crippen molar-refractivity contribution >= 4 is 23.5 Å². The predicted octanol–water partition coefficient (Wildman–Crippen LogP) is 4.51. The topological polar surface area (TPSA) is 65.7 Å². The van der Waals surface area contributed by atoms with Crippen LogP contribution in [0.25, 0.3) is 0 Å². The number of nitrogens with zero attached hydrogens (tertiary/aromatic N) is 5. The van der Waals surface area contributed by atoms with Crippen molar-refractivity contribution in [3.05, 3.63) is 71.3 Å². The first-order valence-corrected chi connectivity index (χ1v) is 12.7. The van der Waals surface area contributed by atoms with Gasteiger partial charge < -0.3 is 19.1 Å². The summed E-state index contributed by atoms with van der Waals surface area (Å²) in [4.78, 5) is 28.7. The minimum absolute atomic E-state index is 0.129. The van der Waals surface area contributed by atoms with Crippen LogP contribution in [0.2, 0.25) is 0 Å². The monoisotopic (exact) mass is 479 g/mol. The van der Waals surface area contributed by atoms with Gasteiger partial charge >= 0.3 is 0 Å². The summed E-state index contributed by atoms with van der Waals surface area (Å²) in [5.74, 6) is 2.84. The Bertz CT molecular complexity index is 1090. The molecule has 34 heavy (non-hydrogen) atoms. The molecule has 0 atom stereocenters. The second kappa shape index (κ2) is 11.1. The summed E-state index contributed by atoms with van der Waals surface area (Å²) in [6.45, 7) is 8.85. The number of hydrogen-bond donors (Lipinski definition) is 0. The Morgan fingerprint density at radius 2 is 1.82 bits per heavy atom. The van der Waals surface area contributed by atoms with Gasteiger partial charge in [0.15, 0.2) is 10.9 Å². The molecule has 1 fully saturated rings. The van der Waals surface area contributed by atoms with Gasteiger partial charge in [0.2, 0.25) is 0 Å². The maximum Gasteiger partial charge on any atom is 0.289 e. The SMILES string of the molecule is CC(C)c1cc(N2CCN(C)CC2)nc(SCc2ccc(C(=O)N(C)Cc3ccccc3)o2)n1. The lowest BCUT2D eigenvalue weighted by Crippen LogP contribution is -2.44. The molecule has 1 aliphatic heterocycles. The molecule has 0 saturated carbocycles. The number of carbonyl (C=O) groups excluding carboxylic acids is 1. The van der Waals surface area contributed by atoms with Crippen LogP contribution in [0.4, 0.5) is 5.82 Å². The summed E-state index contributed by atoms with van der Waals surface area (Å²) in [6.07, 6.45) is 0. The second-order valence-corrected chi connectivity index (χ2v) is 10.0. The van der Waals surface area contributed by atoms with Crippen LogP contribution in [-0.2, 0) is 12.3 Å². The van der Waals surface area contributed by atoms with Gasteiger partial charge in [-0.25, -0.2) is 9.97 Å². The van der Waals surface area contributed by atoms with E-state index in [2.05, 4.69) is 36.8 Å². The molecule has 3 aromatic rings. The van der Waals surface area contributed by atoms with E-state index in [9.17, 15) is 4.79 Å². The van der Waals surface area contributed by atoms with E-state index < -0.39 is 0 Å². The van der Waals surface area contributed by atoms with Crippen LogP contribution in [0.5, 0.6) is 0 Å². The summed E-state index contributed by atoms with van der Waals surface area (Å²) in [7, 11) is 3.94. The van der Waals surface area contributed by atoms with Gasteiger partial charge in [0.1, 0.15) is 11.6 Å². The van der Waals surface area contributed by atoms with Crippen molar-refractivity contribution in [3.8, 4) is 0 Å². The fraction of sp³-hybridized carbons (Fsp3) is 0.423. The molecule has 0 radical (unpaired) electrons. The number of benzene rings is 1. The predicted molar refractivity (Wildman–Crippen MR) is 136 cm³/mol. The Kier molecular flexibility index (Phi) is 7.90. The first-order valence-electron chi connectivity index (χ1n) is 11.7. The molecule has 0 spiro atoms. The average molecular weight is 480 g/mol. The van der Waals surface area contributed by atoms with Crippen LogP contribution in [0, 0.1) is 0 Å². The van der Waals surface area contributed by atoms with E-state index in [1.165, 1.54) is 0 Å². The van der Waals surface area contributed by atoms with E-state index in [1.807, 2.05) is 36.4 Å². The highest BCUT2D eigenvalue weighted by atomic mass is 32.2. The maximum atomic E-state index is 12.8. The molecule has 0 bridgehead atoms. The average Bonchev–Trinajstić information content (AvgIpc) is 3.32. The summed E-state index contributed by atoms with van der Waals surface area (Å²) < 4.78 is 5.88. The molecule has 1 saturated heterocycles. The highest BCUT2D eigenvalue weighted by molar-refractivity contribution is 7.98. The van der Waals surface area contributed by atoms with E-state index >= 15 is 0 Å². The van der Waals surface area contributed by atoms with E-state index in [4.69, 9.17) is 14.4 Å². The Balaban J connectivity index is 1.41. The molecule has 2 aromatic heterocycles. The van der Waals surface area contributed by atoms with Crippen LogP contribution in [-0.4, -0.2) is 65.9 Å². The van der Waals surface area contributed by atoms with Crippen molar-refractivity contribution in [2.45, 2.75) is 37.2 Å². The molecular formula is C26H33N5O2S. The Morgan fingerprint density at radius 3 is 2.53 bits per heavy atom. The highest BCUT2D eigenvalue weighted by Crippen LogP contribution is 2.27. The van der Waals surface area contributed by atoms with Crippen LogP contribution < -0.4 is 4.90 Å². The molecule has 1 amide bonds. The summed E-state index contributed by atoms with van der Waals surface area (Å²) in [5, 5.41) is 0.741. The molecule has 1 aromatic carbocycles. The lowest BCUT2D eigenvalue weighted by Gasteiger charge is -2.33. The van der Waals surface area contributed by atoms with Gasteiger partial charge in [-0.2, -0.15) is 0 Å². The first-order chi connectivity index (χ1) is 16.4. The number of rotatable bonds is 8. The Labute approximate surface area is 206 Å². The van der Waals surface area contributed by atoms with Crippen molar-refractivity contribution in [3.63, 3.8) is 0 Å². The molecule has 3 heterocycles. The van der Waals surface area contributed by atoms with Gasteiger partial charge in [0, 0.05) is 51.5 Å². The van der Waals surface area contributed by atoms with Crippen LogP contribution in [0.1, 0.15) is 47.3 Å². The lowest BCUT2D eigenvalue weighted by molar-refractivity contribution is 0.0752. The van der Waals surface area contributed by atoms with Crippen molar-refractivity contribution in [1.82, 2.24) is 19.8 Å². The number of thioether (sulfide) groups is 1. The molecule has 4 rings (SSSR count). The van der Waals surface area contributed by atoms with Gasteiger partial charge in [0.05, 0.1) is 5.75 Å². The van der Waals surface area contributed by atoms with Gasteiger partial charge in [-0.05, 0) is 30.7 Å². The first kappa shape index (κ1) is 24.3. The number of carbonyl (C=O) groups is 1. The Morgan fingerprint density at radius 1 is 1.09 bits per heavy atom. The minimum Gasteiger partial charge on any atom is -0.455 e. The summed E-state index contributed by atoms with van der Waals surface area (Å²) in [5.41, 5.74) is 2.13. The smallest absolute Gasteiger partial charge is 0.289 e. The van der Waals surface area contributed by atoms with E-state index in [1.54, 1.807) is 29.8 Å².